The van der Waals surface area contributed by atoms with E-state index < -0.39 is 17.8 Å². The molecule has 0 radical (unpaired) electrons. The standard InChI is InChI=1S/C15H10ClFN2O2/c16-10-3-1-5-12(7-10)18-9-14(20)19(15(18)21)13-6-2-4-11(17)8-13/h1-8H,9H2. The number of anilines is 2. The van der Waals surface area contributed by atoms with Gasteiger partial charge in [-0.15, -0.1) is 0 Å². The molecule has 106 valence electrons. The fourth-order valence-corrected chi connectivity index (χ4v) is 2.40. The summed E-state index contributed by atoms with van der Waals surface area (Å²) in [6, 6.07) is 11.5. The van der Waals surface area contributed by atoms with Crippen LogP contribution in [-0.4, -0.2) is 18.5 Å². The van der Waals surface area contributed by atoms with Gasteiger partial charge in [0.1, 0.15) is 12.4 Å². The van der Waals surface area contributed by atoms with Gasteiger partial charge in [-0.1, -0.05) is 23.7 Å². The Labute approximate surface area is 125 Å². The van der Waals surface area contributed by atoms with Gasteiger partial charge in [0, 0.05) is 10.7 Å². The Balaban J connectivity index is 1.96. The summed E-state index contributed by atoms with van der Waals surface area (Å²) < 4.78 is 13.3. The van der Waals surface area contributed by atoms with Crippen molar-refractivity contribution in [3.63, 3.8) is 0 Å². The number of halogens is 2. The number of hydrogen-bond acceptors (Lipinski definition) is 2. The largest absolute Gasteiger partial charge is 0.336 e. The molecule has 21 heavy (non-hydrogen) atoms. The average Bonchev–Trinajstić information content (AvgIpc) is 2.74. The van der Waals surface area contributed by atoms with Crippen molar-refractivity contribution in [2.24, 2.45) is 0 Å². The second kappa shape index (κ2) is 5.18. The van der Waals surface area contributed by atoms with Gasteiger partial charge in [0.25, 0.3) is 5.91 Å². The summed E-state index contributed by atoms with van der Waals surface area (Å²) in [6.07, 6.45) is 0. The van der Waals surface area contributed by atoms with Gasteiger partial charge < -0.3 is 0 Å². The number of amides is 3. The highest BCUT2D eigenvalue weighted by Crippen LogP contribution is 2.27. The van der Waals surface area contributed by atoms with Crippen molar-refractivity contribution in [2.75, 3.05) is 16.3 Å². The van der Waals surface area contributed by atoms with E-state index in [1.54, 1.807) is 24.3 Å². The van der Waals surface area contributed by atoms with Gasteiger partial charge in [-0.05, 0) is 36.4 Å². The molecule has 4 nitrogen and oxygen atoms in total. The maximum atomic E-state index is 13.3. The molecular formula is C15H10ClFN2O2. The van der Waals surface area contributed by atoms with Crippen LogP contribution in [0.4, 0.5) is 20.6 Å². The van der Waals surface area contributed by atoms with E-state index >= 15 is 0 Å². The van der Waals surface area contributed by atoms with E-state index in [4.69, 9.17) is 11.6 Å². The molecule has 1 fully saturated rings. The molecule has 6 heteroatoms. The van der Waals surface area contributed by atoms with E-state index in [1.807, 2.05) is 0 Å². The van der Waals surface area contributed by atoms with Crippen molar-refractivity contribution >= 4 is 34.9 Å². The van der Waals surface area contributed by atoms with Crippen LogP contribution in [0.25, 0.3) is 0 Å². The maximum Gasteiger partial charge on any atom is 0.336 e. The highest BCUT2D eigenvalue weighted by atomic mass is 35.5. The molecule has 3 rings (SSSR count). The molecular weight excluding hydrogens is 295 g/mol. The first-order valence-corrected chi connectivity index (χ1v) is 6.59. The number of carbonyl (C=O) groups is 2. The molecule has 0 bridgehead atoms. The number of hydrogen-bond donors (Lipinski definition) is 0. The third-order valence-electron chi connectivity index (χ3n) is 3.15. The molecule has 1 saturated heterocycles. The van der Waals surface area contributed by atoms with Gasteiger partial charge in [-0.25, -0.2) is 14.1 Å². The highest BCUT2D eigenvalue weighted by molar-refractivity contribution is 6.31. The molecule has 1 aliphatic heterocycles. The number of carbonyl (C=O) groups excluding carboxylic acids is 2. The molecule has 0 aromatic heterocycles. The van der Waals surface area contributed by atoms with Crippen LogP contribution in [0.1, 0.15) is 0 Å². The van der Waals surface area contributed by atoms with Crippen molar-refractivity contribution in [1.29, 1.82) is 0 Å². The van der Waals surface area contributed by atoms with Gasteiger partial charge >= 0.3 is 6.03 Å². The lowest BCUT2D eigenvalue weighted by Gasteiger charge is -2.17. The predicted molar refractivity (Wildman–Crippen MR) is 78.1 cm³/mol. The third kappa shape index (κ3) is 2.48. The number of nitrogens with zero attached hydrogens (tertiary/aromatic N) is 2. The quantitative estimate of drug-likeness (QED) is 0.797. The summed E-state index contributed by atoms with van der Waals surface area (Å²) in [5.41, 5.74) is 0.745. The van der Waals surface area contributed by atoms with Crippen LogP contribution in [0, 0.1) is 5.82 Å². The molecule has 3 amide bonds. The summed E-state index contributed by atoms with van der Waals surface area (Å²) in [5.74, 6) is -0.917. The molecule has 0 spiro atoms. The van der Waals surface area contributed by atoms with E-state index in [1.165, 1.54) is 23.1 Å². The lowest BCUT2D eigenvalue weighted by atomic mass is 10.3. The van der Waals surface area contributed by atoms with E-state index in [-0.39, 0.29) is 12.2 Å². The molecule has 0 unspecified atom stereocenters. The molecule has 0 atom stereocenters. The minimum Gasteiger partial charge on any atom is -0.284 e. The second-order valence-electron chi connectivity index (χ2n) is 4.56. The van der Waals surface area contributed by atoms with Crippen LogP contribution in [0.2, 0.25) is 5.02 Å². The van der Waals surface area contributed by atoms with Gasteiger partial charge in [0.05, 0.1) is 5.69 Å². The van der Waals surface area contributed by atoms with Crippen LogP contribution >= 0.6 is 11.6 Å². The molecule has 2 aromatic carbocycles. The van der Waals surface area contributed by atoms with Crippen LogP contribution in [0.5, 0.6) is 0 Å². The molecule has 1 aliphatic rings. The highest BCUT2D eigenvalue weighted by Gasteiger charge is 2.38. The van der Waals surface area contributed by atoms with Crippen molar-refractivity contribution in [3.05, 3.63) is 59.4 Å². The van der Waals surface area contributed by atoms with Crippen molar-refractivity contribution in [1.82, 2.24) is 0 Å². The molecule has 0 aliphatic carbocycles. The van der Waals surface area contributed by atoms with Crippen molar-refractivity contribution < 1.29 is 14.0 Å². The first kappa shape index (κ1) is 13.6. The van der Waals surface area contributed by atoms with Gasteiger partial charge in [0.15, 0.2) is 0 Å². The maximum absolute atomic E-state index is 13.3. The Morgan fingerprint density at radius 3 is 2.43 bits per heavy atom. The van der Waals surface area contributed by atoms with Crippen LogP contribution in [0.15, 0.2) is 48.5 Å². The zero-order valence-electron chi connectivity index (χ0n) is 10.8. The van der Waals surface area contributed by atoms with E-state index in [9.17, 15) is 14.0 Å². The van der Waals surface area contributed by atoms with Crippen LogP contribution in [0.3, 0.4) is 0 Å². The minimum absolute atomic E-state index is 0.101. The summed E-state index contributed by atoms with van der Waals surface area (Å²) in [6.45, 7) is -0.101. The number of urea groups is 1. The lowest BCUT2D eigenvalue weighted by Crippen LogP contribution is -2.33. The normalized spacial score (nSPS) is 15.0. The SMILES string of the molecule is O=C1CN(c2cccc(Cl)c2)C(=O)N1c1cccc(F)c1. The summed E-state index contributed by atoms with van der Waals surface area (Å²) in [5, 5.41) is 0.469. The fraction of sp³-hybridized carbons (Fsp3) is 0.0667. The zero-order chi connectivity index (χ0) is 15.0. The van der Waals surface area contributed by atoms with Crippen molar-refractivity contribution in [2.45, 2.75) is 0 Å². The monoisotopic (exact) mass is 304 g/mol. The first-order chi connectivity index (χ1) is 10.1. The fourth-order valence-electron chi connectivity index (χ4n) is 2.22. The van der Waals surface area contributed by atoms with Crippen LogP contribution < -0.4 is 9.80 Å². The van der Waals surface area contributed by atoms with E-state index in [2.05, 4.69) is 0 Å². The number of benzene rings is 2. The third-order valence-corrected chi connectivity index (χ3v) is 3.39. The summed E-state index contributed by atoms with van der Waals surface area (Å²) in [4.78, 5) is 26.7. The molecule has 0 N–H and O–H groups in total. The second-order valence-corrected chi connectivity index (χ2v) is 4.99. The van der Waals surface area contributed by atoms with Crippen LogP contribution in [-0.2, 0) is 4.79 Å². The Morgan fingerprint density at radius 1 is 1.00 bits per heavy atom. The Bertz CT molecular complexity index is 735. The minimum atomic E-state index is -0.520. The Hall–Kier alpha value is -2.40. The van der Waals surface area contributed by atoms with Gasteiger partial charge in [0.2, 0.25) is 0 Å². The average molecular weight is 305 g/mol. The van der Waals surface area contributed by atoms with E-state index in [0.29, 0.717) is 10.7 Å². The van der Waals surface area contributed by atoms with Gasteiger partial charge in [-0.2, -0.15) is 0 Å². The Morgan fingerprint density at radius 2 is 1.71 bits per heavy atom. The number of rotatable bonds is 2. The van der Waals surface area contributed by atoms with E-state index in [0.717, 1.165) is 11.0 Å². The number of imide groups is 1. The van der Waals surface area contributed by atoms with Crippen molar-refractivity contribution in [3.8, 4) is 0 Å². The topological polar surface area (TPSA) is 40.6 Å². The molecule has 0 saturated carbocycles. The van der Waals surface area contributed by atoms with Gasteiger partial charge in [-0.3, -0.25) is 9.69 Å². The molecule has 1 heterocycles. The zero-order valence-corrected chi connectivity index (χ0v) is 11.5. The predicted octanol–water partition coefficient (Wildman–Crippen LogP) is 3.45. The molecule has 2 aromatic rings. The lowest BCUT2D eigenvalue weighted by molar-refractivity contribution is -0.115. The Kier molecular flexibility index (Phi) is 3.35. The summed E-state index contributed by atoms with van der Waals surface area (Å²) >= 11 is 5.90. The smallest absolute Gasteiger partial charge is 0.284 e. The first-order valence-electron chi connectivity index (χ1n) is 6.22. The summed E-state index contributed by atoms with van der Waals surface area (Å²) in [7, 11) is 0.